The summed E-state index contributed by atoms with van der Waals surface area (Å²) in [6, 6.07) is 10.0. The average molecular weight is 259 g/mol. The van der Waals surface area contributed by atoms with Gasteiger partial charge in [0.1, 0.15) is 6.61 Å². The Labute approximate surface area is 114 Å². The number of carbonyl (C=O) groups is 1. The topological polar surface area (TPSA) is 52.3 Å². The lowest BCUT2D eigenvalue weighted by Gasteiger charge is -2.26. The van der Waals surface area contributed by atoms with E-state index in [2.05, 4.69) is 0 Å². The van der Waals surface area contributed by atoms with E-state index in [0.717, 1.165) is 37.7 Å². The van der Waals surface area contributed by atoms with Crippen LogP contribution in [0.4, 0.5) is 0 Å². The molecule has 3 heteroatoms. The average Bonchev–Trinajstić information content (AvgIpc) is 2.94. The molecule has 2 N–H and O–H groups in total. The molecule has 0 aromatic heterocycles. The molecule has 102 valence electrons. The number of carbonyl (C=O) groups excluding carboxylic acids is 1. The molecule has 2 saturated carbocycles. The summed E-state index contributed by atoms with van der Waals surface area (Å²) in [5, 5.41) is 0. The Kier molecular flexibility index (Phi) is 3.31. The van der Waals surface area contributed by atoms with Crippen LogP contribution in [-0.4, -0.2) is 12.0 Å². The summed E-state index contributed by atoms with van der Waals surface area (Å²) in [4.78, 5) is 12.5. The minimum atomic E-state index is -0.270. The number of esters is 1. The molecular weight excluding hydrogens is 238 g/mol. The van der Waals surface area contributed by atoms with Crippen molar-refractivity contribution in [3.63, 3.8) is 0 Å². The molecule has 3 rings (SSSR count). The number of ether oxygens (including phenoxy) is 1. The van der Waals surface area contributed by atoms with Crippen LogP contribution >= 0.6 is 0 Å². The van der Waals surface area contributed by atoms with E-state index in [0.29, 0.717) is 12.5 Å². The van der Waals surface area contributed by atoms with E-state index in [4.69, 9.17) is 10.5 Å². The Hall–Kier alpha value is -1.35. The second-order valence-electron chi connectivity index (χ2n) is 6.01. The maximum atomic E-state index is 12.5. The Balaban J connectivity index is 1.67. The molecule has 3 atom stereocenters. The third-order valence-electron chi connectivity index (χ3n) is 4.79. The summed E-state index contributed by atoms with van der Waals surface area (Å²) < 4.78 is 5.57. The minimum absolute atomic E-state index is 0.0215. The third kappa shape index (κ3) is 2.27. The van der Waals surface area contributed by atoms with Crippen LogP contribution in [-0.2, 0) is 16.1 Å². The number of rotatable bonds is 3. The van der Waals surface area contributed by atoms with Gasteiger partial charge < -0.3 is 10.5 Å². The van der Waals surface area contributed by atoms with E-state index in [1.54, 1.807) is 0 Å². The Morgan fingerprint density at radius 2 is 2.16 bits per heavy atom. The SMILES string of the molecule is N[C@@H]1C[C@H]2CCC[C@@]2(C(=O)OCc2ccccc2)C1. The molecule has 0 unspecified atom stereocenters. The lowest BCUT2D eigenvalue weighted by molar-refractivity contribution is -0.158. The molecular formula is C16H21NO2. The van der Waals surface area contributed by atoms with Gasteiger partial charge in [0, 0.05) is 6.04 Å². The van der Waals surface area contributed by atoms with Crippen molar-refractivity contribution in [2.45, 2.75) is 44.8 Å². The number of hydrogen-bond acceptors (Lipinski definition) is 3. The van der Waals surface area contributed by atoms with E-state index in [1.807, 2.05) is 30.3 Å². The zero-order chi connectivity index (χ0) is 13.3. The normalized spacial score (nSPS) is 33.1. The van der Waals surface area contributed by atoms with Crippen LogP contribution < -0.4 is 5.73 Å². The predicted octanol–water partition coefficient (Wildman–Crippen LogP) is 2.64. The number of benzene rings is 1. The van der Waals surface area contributed by atoms with Crippen LogP contribution in [0.25, 0.3) is 0 Å². The summed E-state index contributed by atoms with van der Waals surface area (Å²) in [6.45, 7) is 0.378. The van der Waals surface area contributed by atoms with Gasteiger partial charge in [0.15, 0.2) is 0 Å². The monoisotopic (exact) mass is 259 g/mol. The molecule has 0 amide bonds. The first-order valence-corrected chi connectivity index (χ1v) is 7.17. The second-order valence-corrected chi connectivity index (χ2v) is 6.01. The summed E-state index contributed by atoms with van der Waals surface area (Å²) in [7, 11) is 0. The number of hydrogen-bond donors (Lipinski definition) is 1. The zero-order valence-corrected chi connectivity index (χ0v) is 11.2. The van der Waals surface area contributed by atoms with Crippen molar-refractivity contribution in [3.8, 4) is 0 Å². The fraction of sp³-hybridized carbons (Fsp3) is 0.562. The van der Waals surface area contributed by atoms with Crippen molar-refractivity contribution in [1.82, 2.24) is 0 Å². The summed E-state index contributed by atoms with van der Waals surface area (Å²) >= 11 is 0. The first-order chi connectivity index (χ1) is 9.21. The smallest absolute Gasteiger partial charge is 0.312 e. The van der Waals surface area contributed by atoms with E-state index in [-0.39, 0.29) is 17.4 Å². The van der Waals surface area contributed by atoms with Crippen molar-refractivity contribution in [3.05, 3.63) is 35.9 Å². The standard InChI is InChI=1S/C16H21NO2/c17-14-9-13-7-4-8-16(13,10-14)15(18)19-11-12-5-2-1-3-6-12/h1-3,5-6,13-14H,4,7-11,17H2/t13-,14-,16-/m1/s1. The van der Waals surface area contributed by atoms with Gasteiger partial charge in [-0.15, -0.1) is 0 Å². The van der Waals surface area contributed by atoms with Gasteiger partial charge in [-0.05, 0) is 37.2 Å². The molecule has 3 nitrogen and oxygen atoms in total. The third-order valence-corrected chi connectivity index (χ3v) is 4.79. The lowest BCUT2D eigenvalue weighted by Crippen LogP contribution is -2.33. The molecule has 2 aliphatic rings. The van der Waals surface area contributed by atoms with E-state index in [1.165, 1.54) is 0 Å². The molecule has 0 saturated heterocycles. The van der Waals surface area contributed by atoms with E-state index >= 15 is 0 Å². The van der Waals surface area contributed by atoms with Gasteiger partial charge in [0.2, 0.25) is 0 Å². The Morgan fingerprint density at radius 1 is 1.37 bits per heavy atom. The lowest BCUT2D eigenvalue weighted by atomic mass is 9.80. The molecule has 0 bridgehead atoms. The molecule has 0 aliphatic heterocycles. The van der Waals surface area contributed by atoms with Crippen molar-refractivity contribution >= 4 is 5.97 Å². The molecule has 2 fully saturated rings. The summed E-state index contributed by atoms with van der Waals surface area (Å²) in [5.41, 5.74) is 6.82. The van der Waals surface area contributed by atoms with Gasteiger partial charge in [-0.25, -0.2) is 0 Å². The molecule has 1 aromatic rings. The van der Waals surface area contributed by atoms with Gasteiger partial charge in [0.05, 0.1) is 5.41 Å². The maximum Gasteiger partial charge on any atom is 0.312 e. The van der Waals surface area contributed by atoms with Gasteiger partial charge in [0.25, 0.3) is 0 Å². The van der Waals surface area contributed by atoms with Crippen LogP contribution in [0, 0.1) is 11.3 Å². The van der Waals surface area contributed by atoms with E-state index < -0.39 is 0 Å². The second kappa shape index (κ2) is 4.97. The first-order valence-electron chi connectivity index (χ1n) is 7.17. The van der Waals surface area contributed by atoms with E-state index in [9.17, 15) is 4.79 Å². The van der Waals surface area contributed by atoms with Crippen molar-refractivity contribution in [2.75, 3.05) is 0 Å². The largest absolute Gasteiger partial charge is 0.460 e. The van der Waals surface area contributed by atoms with Crippen molar-refractivity contribution in [1.29, 1.82) is 0 Å². The van der Waals surface area contributed by atoms with Gasteiger partial charge in [-0.2, -0.15) is 0 Å². The number of nitrogens with two attached hydrogens (primary N) is 1. The van der Waals surface area contributed by atoms with Gasteiger partial charge >= 0.3 is 5.97 Å². The highest BCUT2D eigenvalue weighted by Crippen LogP contribution is 2.54. The highest BCUT2D eigenvalue weighted by Gasteiger charge is 2.55. The molecule has 19 heavy (non-hydrogen) atoms. The summed E-state index contributed by atoms with van der Waals surface area (Å²) in [6.07, 6.45) is 5.02. The van der Waals surface area contributed by atoms with Crippen molar-refractivity contribution < 1.29 is 9.53 Å². The molecule has 0 spiro atoms. The first kappa shape index (κ1) is 12.7. The van der Waals surface area contributed by atoms with Crippen LogP contribution in [0.2, 0.25) is 0 Å². The minimum Gasteiger partial charge on any atom is -0.460 e. The highest BCUT2D eigenvalue weighted by molar-refractivity contribution is 5.78. The maximum absolute atomic E-state index is 12.5. The quantitative estimate of drug-likeness (QED) is 0.849. The fourth-order valence-electron chi connectivity index (χ4n) is 3.89. The van der Waals surface area contributed by atoms with Crippen LogP contribution in [0.1, 0.15) is 37.7 Å². The Morgan fingerprint density at radius 3 is 2.95 bits per heavy atom. The predicted molar refractivity (Wildman–Crippen MR) is 73.2 cm³/mol. The number of fused-ring (bicyclic) bond motifs is 1. The molecule has 1 aromatic carbocycles. The van der Waals surface area contributed by atoms with Gasteiger partial charge in [-0.1, -0.05) is 36.8 Å². The zero-order valence-electron chi connectivity index (χ0n) is 11.2. The van der Waals surface area contributed by atoms with Crippen LogP contribution in [0.15, 0.2) is 30.3 Å². The van der Waals surface area contributed by atoms with Gasteiger partial charge in [-0.3, -0.25) is 4.79 Å². The Bertz CT molecular complexity index is 459. The van der Waals surface area contributed by atoms with Crippen LogP contribution in [0.5, 0.6) is 0 Å². The fourth-order valence-corrected chi connectivity index (χ4v) is 3.89. The van der Waals surface area contributed by atoms with Crippen molar-refractivity contribution in [2.24, 2.45) is 17.1 Å². The molecule has 0 radical (unpaired) electrons. The van der Waals surface area contributed by atoms with Crippen LogP contribution in [0.3, 0.4) is 0 Å². The molecule has 2 aliphatic carbocycles. The highest BCUT2D eigenvalue weighted by atomic mass is 16.5. The summed E-state index contributed by atoms with van der Waals surface area (Å²) in [5.74, 6) is 0.428. The molecule has 0 heterocycles.